The third kappa shape index (κ3) is 3.84. The molecule has 9 heteroatoms. The van der Waals surface area contributed by atoms with Gasteiger partial charge < -0.3 is 15.4 Å². The van der Waals surface area contributed by atoms with Gasteiger partial charge in [0.2, 0.25) is 5.91 Å². The van der Waals surface area contributed by atoms with E-state index in [0.717, 1.165) is 53.9 Å². The molecular weight excluding hydrogens is 444 g/mol. The Bertz CT molecular complexity index is 1320. The number of benzene rings is 1. The molecule has 9 nitrogen and oxygen atoms in total. The van der Waals surface area contributed by atoms with E-state index in [9.17, 15) is 9.59 Å². The van der Waals surface area contributed by atoms with E-state index in [-0.39, 0.29) is 23.7 Å². The van der Waals surface area contributed by atoms with Gasteiger partial charge in [0.15, 0.2) is 0 Å². The fourth-order valence-electron chi connectivity index (χ4n) is 5.28. The van der Waals surface area contributed by atoms with Crippen LogP contribution in [-0.4, -0.2) is 56.7 Å². The summed E-state index contributed by atoms with van der Waals surface area (Å²) in [6, 6.07) is 6.11. The van der Waals surface area contributed by atoms with Gasteiger partial charge in [-0.2, -0.15) is 5.10 Å². The molecule has 3 aliphatic rings. The van der Waals surface area contributed by atoms with Crippen LogP contribution >= 0.6 is 0 Å². The van der Waals surface area contributed by atoms with E-state index < -0.39 is 0 Å². The van der Waals surface area contributed by atoms with Gasteiger partial charge in [-0.05, 0) is 61.8 Å². The van der Waals surface area contributed by atoms with E-state index >= 15 is 0 Å². The van der Waals surface area contributed by atoms with Gasteiger partial charge in [-0.25, -0.2) is 14.6 Å². The maximum Gasteiger partial charge on any atom is 0.257 e. The maximum atomic E-state index is 13.4. The Morgan fingerprint density at radius 1 is 1.06 bits per heavy atom. The van der Waals surface area contributed by atoms with Gasteiger partial charge in [-0.1, -0.05) is 6.07 Å². The first kappa shape index (κ1) is 21.8. The van der Waals surface area contributed by atoms with E-state index in [0.29, 0.717) is 37.4 Å². The highest BCUT2D eigenvalue weighted by Gasteiger charge is 2.36. The van der Waals surface area contributed by atoms with Crippen LogP contribution < -0.4 is 10.5 Å². The zero-order chi connectivity index (χ0) is 24.1. The van der Waals surface area contributed by atoms with Crippen molar-refractivity contribution in [2.75, 3.05) is 20.2 Å². The number of rotatable bonds is 5. The first-order valence-electron chi connectivity index (χ1n) is 12.2. The number of carbonyl (C=O) groups excluding carboxylic acids is 2. The molecule has 1 saturated heterocycles. The molecule has 6 rings (SSSR count). The number of hydrogen-bond acceptors (Lipinski definition) is 6. The molecule has 180 valence electrons. The van der Waals surface area contributed by atoms with Crippen molar-refractivity contribution in [3.8, 4) is 23.0 Å². The van der Waals surface area contributed by atoms with Crippen LogP contribution in [0.4, 0.5) is 0 Å². The molecule has 35 heavy (non-hydrogen) atoms. The normalized spacial score (nSPS) is 17.6. The lowest BCUT2D eigenvalue weighted by Gasteiger charge is -2.30. The number of aryl methyl sites for hydroxylation is 2. The molecule has 3 heterocycles. The van der Waals surface area contributed by atoms with Crippen molar-refractivity contribution < 1.29 is 14.3 Å². The lowest BCUT2D eigenvalue weighted by Crippen LogP contribution is -2.41. The Kier molecular flexibility index (Phi) is 5.27. The lowest BCUT2D eigenvalue weighted by atomic mass is 9.90. The first-order chi connectivity index (χ1) is 17.0. The van der Waals surface area contributed by atoms with Crippen molar-refractivity contribution in [3.63, 3.8) is 0 Å². The summed E-state index contributed by atoms with van der Waals surface area (Å²) >= 11 is 0. The quantitative estimate of drug-likeness (QED) is 0.610. The number of carbonyl (C=O) groups is 2. The van der Waals surface area contributed by atoms with Gasteiger partial charge in [0.1, 0.15) is 5.75 Å². The van der Waals surface area contributed by atoms with Gasteiger partial charge in [-0.3, -0.25) is 9.59 Å². The smallest absolute Gasteiger partial charge is 0.257 e. The van der Waals surface area contributed by atoms with Crippen LogP contribution in [0.15, 0.2) is 30.6 Å². The molecule has 2 aromatic heterocycles. The van der Waals surface area contributed by atoms with E-state index in [1.807, 2.05) is 23.2 Å². The lowest BCUT2D eigenvalue weighted by molar-refractivity contribution is -0.123. The number of amides is 2. The highest BCUT2D eigenvalue weighted by atomic mass is 16.5. The Hall–Kier alpha value is -3.75. The van der Waals surface area contributed by atoms with Gasteiger partial charge >= 0.3 is 0 Å². The van der Waals surface area contributed by atoms with Crippen molar-refractivity contribution in [1.29, 1.82) is 0 Å². The highest BCUT2D eigenvalue weighted by molar-refractivity contribution is 5.95. The summed E-state index contributed by atoms with van der Waals surface area (Å²) in [5.41, 5.74) is 11.2. The van der Waals surface area contributed by atoms with Crippen LogP contribution in [0, 0.1) is 5.92 Å². The molecule has 0 unspecified atom stereocenters. The first-order valence-corrected chi connectivity index (χ1v) is 12.2. The number of likely N-dealkylation sites (tertiary alicyclic amines) is 1. The Balaban J connectivity index is 1.35. The summed E-state index contributed by atoms with van der Waals surface area (Å²) in [5, 5.41) is 4.59. The second kappa shape index (κ2) is 8.48. The monoisotopic (exact) mass is 472 g/mol. The summed E-state index contributed by atoms with van der Waals surface area (Å²) in [4.78, 5) is 36.4. The number of hydrogen-bond donors (Lipinski definition) is 1. The topological polar surface area (TPSA) is 116 Å². The third-order valence-electron chi connectivity index (χ3n) is 7.46. The van der Waals surface area contributed by atoms with Crippen LogP contribution in [0.25, 0.3) is 17.2 Å². The summed E-state index contributed by atoms with van der Waals surface area (Å²) in [7, 11) is 1.66. The van der Waals surface area contributed by atoms with E-state index in [4.69, 9.17) is 15.5 Å². The van der Waals surface area contributed by atoms with E-state index in [1.54, 1.807) is 18.0 Å². The second-order valence-electron chi connectivity index (χ2n) is 9.67. The minimum Gasteiger partial charge on any atom is -0.497 e. The predicted molar refractivity (Wildman–Crippen MR) is 128 cm³/mol. The van der Waals surface area contributed by atoms with Gasteiger partial charge in [-0.15, -0.1) is 0 Å². The average molecular weight is 473 g/mol. The predicted octanol–water partition coefficient (Wildman–Crippen LogP) is 2.65. The Morgan fingerprint density at radius 2 is 1.83 bits per heavy atom. The zero-order valence-electron chi connectivity index (χ0n) is 19.7. The van der Waals surface area contributed by atoms with Crippen LogP contribution in [0.1, 0.15) is 58.8 Å². The van der Waals surface area contributed by atoms with Crippen LogP contribution in [0.2, 0.25) is 0 Å². The number of fused-ring (bicyclic) bond motifs is 3. The maximum absolute atomic E-state index is 13.4. The largest absolute Gasteiger partial charge is 0.497 e. The number of nitrogens with two attached hydrogens (primary N) is 1. The Labute approximate surface area is 203 Å². The van der Waals surface area contributed by atoms with E-state index in [2.05, 4.69) is 16.1 Å². The number of piperidine rings is 1. The van der Waals surface area contributed by atoms with Crippen molar-refractivity contribution in [2.24, 2.45) is 11.7 Å². The Morgan fingerprint density at radius 3 is 2.54 bits per heavy atom. The van der Waals surface area contributed by atoms with Gasteiger partial charge in [0, 0.05) is 36.7 Å². The number of primary amides is 1. The van der Waals surface area contributed by atoms with Crippen molar-refractivity contribution in [2.45, 2.75) is 44.4 Å². The molecular formula is C26H28N6O3. The summed E-state index contributed by atoms with van der Waals surface area (Å²) in [6.07, 6.45) is 8.59. The second-order valence-corrected chi connectivity index (χ2v) is 9.67. The van der Waals surface area contributed by atoms with Crippen molar-refractivity contribution in [3.05, 3.63) is 53.0 Å². The molecule has 0 bridgehead atoms. The summed E-state index contributed by atoms with van der Waals surface area (Å²) in [6.45, 7) is 1.05. The fourth-order valence-corrected chi connectivity index (χ4v) is 5.28. The highest BCUT2D eigenvalue weighted by Crippen LogP contribution is 2.43. The number of ether oxygens (including phenoxy) is 1. The van der Waals surface area contributed by atoms with Crippen LogP contribution in [0.5, 0.6) is 5.75 Å². The number of methoxy groups -OCH3 is 1. The minimum atomic E-state index is -0.285. The molecule has 2 fully saturated rings. The molecule has 2 aliphatic carbocycles. The molecule has 3 aromatic rings. The van der Waals surface area contributed by atoms with Gasteiger partial charge in [0.25, 0.3) is 11.9 Å². The van der Waals surface area contributed by atoms with E-state index in [1.165, 1.54) is 5.56 Å². The average Bonchev–Trinajstić information content (AvgIpc) is 3.65. The molecule has 0 spiro atoms. The molecule has 0 radical (unpaired) electrons. The molecule has 1 aliphatic heterocycles. The molecule has 0 atom stereocenters. The fraction of sp³-hybridized carbons (Fsp3) is 0.423. The van der Waals surface area contributed by atoms with Gasteiger partial charge in [0.05, 0.1) is 30.3 Å². The van der Waals surface area contributed by atoms with Crippen molar-refractivity contribution in [1.82, 2.24) is 24.6 Å². The summed E-state index contributed by atoms with van der Waals surface area (Å²) < 4.78 is 7.19. The molecule has 1 aromatic carbocycles. The molecule has 1 saturated carbocycles. The minimum absolute atomic E-state index is 0.0471. The van der Waals surface area contributed by atoms with Crippen molar-refractivity contribution >= 4 is 11.8 Å². The van der Waals surface area contributed by atoms with Crippen LogP contribution in [0.3, 0.4) is 0 Å². The SMILES string of the molecule is COc1ccc2c(c1)-c1nc(-n3ncc(C(=O)N4CCC(C(N)=O)CC4)c3C3CC3)ncc1CC2. The molecule has 2 amide bonds. The number of aromatic nitrogens is 4. The molecule has 2 N–H and O–H groups in total. The number of nitrogens with zero attached hydrogens (tertiary/aromatic N) is 5. The third-order valence-corrected chi connectivity index (χ3v) is 7.46. The standard InChI is InChI=1S/C26H28N6O3/c1-35-19-7-6-15-2-5-18-13-28-26(30-22(18)20(15)12-19)32-23(16-3-4-16)21(14-29-32)25(34)31-10-8-17(9-11-31)24(27)33/h6-7,12-14,16-17H,2-5,8-11H2,1H3,(H2,27,33). The van der Waals surface area contributed by atoms with Crippen LogP contribution in [-0.2, 0) is 17.6 Å². The summed E-state index contributed by atoms with van der Waals surface area (Å²) in [5.74, 6) is 1.05. The zero-order valence-corrected chi connectivity index (χ0v) is 19.7.